The van der Waals surface area contributed by atoms with E-state index in [1.165, 1.54) is 10.9 Å². The molecule has 0 amide bonds. The highest BCUT2D eigenvalue weighted by atomic mass is 32.2. The first-order valence-corrected chi connectivity index (χ1v) is 14.1. The molecule has 0 spiro atoms. The van der Waals surface area contributed by atoms with Crippen molar-refractivity contribution in [3.8, 4) is 16.8 Å². The number of likely N-dealkylation sites (N-methyl/N-ethyl adjacent to an activating group) is 1. The fourth-order valence-corrected chi connectivity index (χ4v) is 6.31. The summed E-state index contributed by atoms with van der Waals surface area (Å²) in [6, 6.07) is 5.80. The second-order valence-corrected chi connectivity index (χ2v) is 11.7. The van der Waals surface area contributed by atoms with Gasteiger partial charge in [0.15, 0.2) is 5.82 Å². The van der Waals surface area contributed by atoms with Gasteiger partial charge in [-0.3, -0.25) is 4.72 Å². The number of benzene rings is 1. The fraction of sp³-hybridized carbons (Fsp3) is 0.346. The minimum atomic E-state index is -3.77. The molecule has 0 radical (unpaired) electrons. The van der Waals surface area contributed by atoms with Gasteiger partial charge in [-0.15, -0.1) is 0 Å². The van der Waals surface area contributed by atoms with Crippen LogP contribution in [0.3, 0.4) is 0 Å². The maximum Gasteiger partial charge on any atom is 0.233 e. The third-order valence-corrected chi connectivity index (χ3v) is 8.50. The van der Waals surface area contributed by atoms with Crippen LogP contribution in [0.4, 0.5) is 20.3 Å². The van der Waals surface area contributed by atoms with E-state index < -0.39 is 21.7 Å². The molecular weight excluding hydrogens is 512 g/mol. The van der Waals surface area contributed by atoms with Crippen LogP contribution in [0.1, 0.15) is 12.8 Å². The van der Waals surface area contributed by atoms with Crippen LogP contribution in [0.25, 0.3) is 27.8 Å². The Kier molecular flexibility index (Phi) is 6.23. The number of halogens is 2. The molecule has 0 atom stereocenters. The lowest BCUT2D eigenvalue weighted by Crippen LogP contribution is -2.44. The van der Waals surface area contributed by atoms with Gasteiger partial charge in [0.2, 0.25) is 10.0 Å². The van der Waals surface area contributed by atoms with E-state index in [4.69, 9.17) is 4.98 Å². The number of fused-ring (bicyclic) bond motifs is 1. The fourth-order valence-electron chi connectivity index (χ4n) is 4.78. The molecule has 3 aromatic heterocycles. The third-order valence-electron chi connectivity index (χ3n) is 7.06. The molecule has 12 heteroatoms. The molecule has 1 aliphatic heterocycles. The predicted octanol–water partition coefficient (Wildman–Crippen LogP) is 3.66. The van der Waals surface area contributed by atoms with E-state index in [2.05, 4.69) is 31.5 Å². The zero-order valence-corrected chi connectivity index (χ0v) is 21.6. The number of nitrogens with zero attached hydrogens (tertiary/aromatic N) is 6. The summed E-state index contributed by atoms with van der Waals surface area (Å²) >= 11 is 0. The van der Waals surface area contributed by atoms with Crippen LogP contribution < -0.4 is 9.62 Å². The molecule has 1 saturated heterocycles. The van der Waals surface area contributed by atoms with E-state index in [-0.39, 0.29) is 23.0 Å². The van der Waals surface area contributed by atoms with Gasteiger partial charge < -0.3 is 14.4 Å². The molecule has 2 fully saturated rings. The van der Waals surface area contributed by atoms with Gasteiger partial charge in [-0.1, -0.05) is 0 Å². The highest BCUT2D eigenvalue weighted by Crippen LogP contribution is 2.36. The lowest BCUT2D eigenvalue weighted by atomic mass is 10.1. The largest absolute Gasteiger partial charge is 0.354 e. The van der Waals surface area contributed by atoms with Crippen molar-refractivity contribution in [1.29, 1.82) is 0 Å². The summed E-state index contributed by atoms with van der Waals surface area (Å²) in [5.74, 6) is -1.06. The normalized spacial score (nSPS) is 16.8. The van der Waals surface area contributed by atoms with E-state index in [1.807, 2.05) is 6.07 Å². The molecular formula is C26H27F2N7O2S. The average Bonchev–Trinajstić information content (AvgIpc) is 3.63. The summed E-state index contributed by atoms with van der Waals surface area (Å²) in [7, 11) is -1.69. The van der Waals surface area contributed by atoms with Crippen molar-refractivity contribution in [3.63, 3.8) is 0 Å². The number of pyridine rings is 1. The molecule has 4 heterocycles. The van der Waals surface area contributed by atoms with Crippen LogP contribution in [0.15, 0.2) is 49.2 Å². The van der Waals surface area contributed by atoms with Gasteiger partial charge in [0.25, 0.3) is 0 Å². The third kappa shape index (κ3) is 4.81. The van der Waals surface area contributed by atoms with Crippen LogP contribution in [0.2, 0.25) is 0 Å². The number of aromatic nitrogens is 4. The average molecular weight is 540 g/mol. The predicted molar refractivity (Wildman–Crippen MR) is 142 cm³/mol. The summed E-state index contributed by atoms with van der Waals surface area (Å²) in [6.07, 6.45) is 7.90. The zero-order valence-electron chi connectivity index (χ0n) is 20.8. The molecule has 1 N–H and O–H groups in total. The Labute approximate surface area is 219 Å². The molecule has 0 unspecified atom stereocenters. The van der Waals surface area contributed by atoms with Crippen molar-refractivity contribution in [2.24, 2.45) is 5.92 Å². The Morgan fingerprint density at radius 1 is 1.03 bits per heavy atom. The molecule has 1 aromatic carbocycles. The molecule has 9 nitrogen and oxygen atoms in total. The Hall–Kier alpha value is -3.64. The number of piperazine rings is 1. The van der Waals surface area contributed by atoms with E-state index in [0.29, 0.717) is 22.2 Å². The van der Waals surface area contributed by atoms with E-state index in [1.54, 1.807) is 24.7 Å². The summed E-state index contributed by atoms with van der Waals surface area (Å²) in [5, 5.41) is 0. The number of sulfonamides is 1. The van der Waals surface area contributed by atoms with Crippen LogP contribution in [-0.4, -0.2) is 71.8 Å². The van der Waals surface area contributed by atoms with Gasteiger partial charge in [-0.2, -0.15) is 0 Å². The molecule has 1 aliphatic carbocycles. The molecule has 4 aromatic rings. The highest BCUT2D eigenvalue weighted by molar-refractivity contribution is 7.92. The number of hydrogen-bond donors (Lipinski definition) is 1. The van der Waals surface area contributed by atoms with Gasteiger partial charge in [0.05, 0.1) is 22.5 Å². The molecule has 2 aliphatic rings. The van der Waals surface area contributed by atoms with Crippen molar-refractivity contribution < 1.29 is 17.2 Å². The first-order chi connectivity index (χ1) is 18.3. The number of anilines is 2. The van der Waals surface area contributed by atoms with Gasteiger partial charge in [0.1, 0.15) is 23.6 Å². The molecule has 6 rings (SSSR count). The van der Waals surface area contributed by atoms with Crippen LogP contribution >= 0.6 is 0 Å². The number of nitrogens with one attached hydrogen (secondary N) is 1. The van der Waals surface area contributed by atoms with Crippen molar-refractivity contribution in [3.05, 3.63) is 60.8 Å². The number of hydrogen-bond acceptors (Lipinski definition) is 7. The topological polar surface area (TPSA) is 96.2 Å². The summed E-state index contributed by atoms with van der Waals surface area (Å²) in [6.45, 7) is 3.43. The molecule has 38 heavy (non-hydrogen) atoms. The van der Waals surface area contributed by atoms with Crippen LogP contribution in [-0.2, 0) is 10.0 Å². The van der Waals surface area contributed by atoms with Crippen LogP contribution in [0, 0.1) is 17.6 Å². The Balaban J connectivity index is 1.47. The van der Waals surface area contributed by atoms with Crippen molar-refractivity contribution in [2.75, 3.05) is 48.6 Å². The van der Waals surface area contributed by atoms with Crippen molar-refractivity contribution >= 4 is 32.6 Å². The van der Waals surface area contributed by atoms with E-state index in [0.717, 1.165) is 57.0 Å². The smallest absolute Gasteiger partial charge is 0.233 e. The first kappa shape index (κ1) is 24.7. The summed E-state index contributed by atoms with van der Waals surface area (Å²) < 4.78 is 59.8. The first-order valence-electron chi connectivity index (χ1n) is 12.5. The summed E-state index contributed by atoms with van der Waals surface area (Å²) in [5.41, 5.74) is 1.57. The second kappa shape index (κ2) is 9.59. The second-order valence-electron chi connectivity index (χ2n) is 9.95. The van der Waals surface area contributed by atoms with Gasteiger partial charge >= 0.3 is 0 Å². The number of rotatable bonds is 7. The van der Waals surface area contributed by atoms with E-state index >= 15 is 8.78 Å². The lowest BCUT2D eigenvalue weighted by Gasteiger charge is -2.33. The minimum absolute atomic E-state index is 0.0806. The summed E-state index contributed by atoms with van der Waals surface area (Å²) in [4.78, 5) is 17.5. The Bertz CT molecular complexity index is 1600. The SMILES string of the molecule is CN1CCN(c2ccc3c(n2)c(-c2cncnc2)cn3-c2c(F)ccc(NS(=O)(=O)CC3CC3)c2F)CC1. The Morgan fingerprint density at radius 3 is 2.47 bits per heavy atom. The van der Waals surface area contributed by atoms with Gasteiger partial charge in [-0.25, -0.2) is 32.2 Å². The van der Waals surface area contributed by atoms with Gasteiger partial charge in [-0.05, 0) is 50.1 Å². The van der Waals surface area contributed by atoms with E-state index in [9.17, 15) is 8.42 Å². The monoisotopic (exact) mass is 539 g/mol. The quantitative estimate of drug-likeness (QED) is 0.383. The minimum Gasteiger partial charge on any atom is -0.354 e. The molecule has 0 bridgehead atoms. The Morgan fingerprint density at radius 2 is 1.76 bits per heavy atom. The van der Waals surface area contributed by atoms with Crippen LogP contribution in [0.5, 0.6) is 0 Å². The van der Waals surface area contributed by atoms with Gasteiger partial charge in [0, 0.05) is 55.9 Å². The lowest BCUT2D eigenvalue weighted by molar-refractivity contribution is 0.312. The maximum atomic E-state index is 15.8. The highest BCUT2D eigenvalue weighted by Gasteiger charge is 2.29. The van der Waals surface area contributed by atoms with Crippen molar-refractivity contribution in [1.82, 2.24) is 24.4 Å². The standard InChI is InChI=1S/C26H27F2N7O2S/c1-33-8-10-34(11-9-33)23-7-6-22-25(31-23)19(18-12-29-16-30-13-18)14-35(22)26-20(27)4-5-21(24(26)28)32-38(36,37)15-17-2-3-17/h4-7,12-14,16-17,32H,2-3,8-11,15H2,1H3. The zero-order chi connectivity index (χ0) is 26.4. The molecule has 1 saturated carbocycles. The van der Waals surface area contributed by atoms with Crippen molar-refractivity contribution in [2.45, 2.75) is 12.8 Å². The molecule has 198 valence electrons. The maximum absolute atomic E-state index is 15.8.